The van der Waals surface area contributed by atoms with E-state index >= 15 is 0 Å². The van der Waals surface area contributed by atoms with Gasteiger partial charge in [-0.05, 0) is 24.1 Å². The molecule has 2 aromatic rings. The molecule has 1 nitrogen and oxygen atoms in total. The summed E-state index contributed by atoms with van der Waals surface area (Å²) in [6, 6.07) is 14.3. The van der Waals surface area contributed by atoms with Gasteiger partial charge in [-0.1, -0.05) is 37.3 Å². The summed E-state index contributed by atoms with van der Waals surface area (Å²) in [5, 5.41) is 0. The largest absolute Gasteiger partial charge is 0.368 e. The molecular formula is C12H15N. The van der Waals surface area contributed by atoms with Gasteiger partial charge in [0.2, 0.25) is 0 Å². The van der Waals surface area contributed by atoms with Crippen molar-refractivity contribution < 1.29 is 0 Å². The number of aromatic nitrogens is 1. The molecule has 0 fully saturated rings. The van der Waals surface area contributed by atoms with Crippen LogP contribution in [0.5, 0.6) is 0 Å². The highest BCUT2D eigenvalue weighted by molar-refractivity contribution is 5.13. The van der Waals surface area contributed by atoms with Crippen LogP contribution < -0.4 is 0 Å². The van der Waals surface area contributed by atoms with E-state index in [-0.39, 0.29) is 0 Å². The van der Waals surface area contributed by atoms with E-state index in [2.05, 4.69) is 36.2 Å². The fourth-order valence-corrected chi connectivity index (χ4v) is 0.991. The molecular weight excluding hydrogens is 158 g/mol. The molecule has 2 rings (SSSR count). The summed E-state index contributed by atoms with van der Waals surface area (Å²) in [5.41, 5.74) is 1.41. The fraction of sp³-hybridized carbons (Fsp3) is 0.167. The van der Waals surface area contributed by atoms with E-state index in [1.165, 1.54) is 5.56 Å². The van der Waals surface area contributed by atoms with Gasteiger partial charge in [-0.25, -0.2) is 0 Å². The zero-order valence-corrected chi connectivity index (χ0v) is 7.90. The van der Waals surface area contributed by atoms with Crippen molar-refractivity contribution in [2.75, 3.05) is 0 Å². The Balaban J connectivity index is 0.000000145. The minimum Gasteiger partial charge on any atom is -0.368 e. The first-order valence-electron chi connectivity index (χ1n) is 4.55. The highest BCUT2D eigenvalue weighted by Gasteiger charge is 1.79. The van der Waals surface area contributed by atoms with Crippen LogP contribution in [0, 0.1) is 0 Å². The molecule has 0 aliphatic carbocycles. The average molecular weight is 173 g/mol. The van der Waals surface area contributed by atoms with E-state index in [0.29, 0.717) is 0 Å². The maximum Gasteiger partial charge on any atom is 0.000496 e. The van der Waals surface area contributed by atoms with Crippen molar-refractivity contribution >= 4 is 0 Å². The third-order valence-corrected chi connectivity index (χ3v) is 1.75. The molecule has 1 heterocycles. The van der Waals surface area contributed by atoms with Gasteiger partial charge in [0, 0.05) is 12.4 Å². The summed E-state index contributed by atoms with van der Waals surface area (Å²) >= 11 is 0. The Labute approximate surface area is 79.4 Å². The second kappa shape index (κ2) is 6.06. The first-order chi connectivity index (χ1) is 6.43. The first-order valence-corrected chi connectivity index (χ1v) is 4.55. The van der Waals surface area contributed by atoms with Crippen LogP contribution in [0.1, 0.15) is 12.5 Å². The Morgan fingerprint density at radius 1 is 0.923 bits per heavy atom. The molecule has 1 aromatic heterocycles. The Bertz CT molecular complexity index is 267. The van der Waals surface area contributed by atoms with Crippen molar-refractivity contribution in [1.29, 1.82) is 0 Å². The minimum atomic E-state index is 1.14. The normalized spacial score (nSPS) is 8.69. The summed E-state index contributed by atoms with van der Waals surface area (Å²) in [5.74, 6) is 0. The summed E-state index contributed by atoms with van der Waals surface area (Å²) < 4.78 is 0. The highest BCUT2D eigenvalue weighted by atomic mass is 14.6. The van der Waals surface area contributed by atoms with E-state index in [1.54, 1.807) is 0 Å². The van der Waals surface area contributed by atoms with Crippen LogP contribution in [-0.4, -0.2) is 4.98 Å². The van der Waals surface area contributed by atoms with E-state index in [4.69, 9.17) is 0 Å². The van der Waals surface area contributed by atoms with Crippen molar-refractivity contribution in [3.8, 4) is 0 Å². The van der Waals surface area contributed by atoms with Crippen LogP contribution in [0.4, 0.5) is 0 Å². The second-order valence-electron chi connectivity index (χ2n) is 2.72. The number of hydrogen-bond donors (Lipinski definition) is 1. The quantitative estimate of drug-likeness (QED) is 0.681. The smallest absolute Gasteiger partial charge is 0.000496 e. The van der Waals surface area contributed by atoms with Crippen LogP contribution in [0.3, 0.4) is 0 Å². The van der Waals surface area contributed by atoms with Gasteiger partial charge in [0.1, 0.15) is 0 Å². The first kappa shape index (κ1) is 9.59. The Morgan fingerprint density at radius 2 is 1.54 bits per heavy atom. The lowest BCUT2D eigenvalue weighted by Gasteiger charge is -1.89. The highest BCUT2D eigenvalue weighted by Crippen LogP contribution is 1.96. The molecule has 1 aromatic carbocycles. The lowest BCUT2D eigenvalue weighted by molar-refractivity contribution is 1.14. The third-order valence-electron chi connectivity index (χ3n) is 1.75. The molecule has 1 N–H and O–H groups in total. The monoisotopic (exact) mass is 173 g/mol. The van der Waals surface area contributed by atoms with Crippen LogP contribution >= 0.6 is 0 Å². The van der Waals surface area contributed by atoms with Crippen molar-refractivity contribution in [3.05, 3.63) is 60.4 Å². The molecule has 0 saturated carbocycles. The van der Waals surface area contributed by atoms with Crippen LogP contribution in [0.2, 0.25) is 0 Å². The van der Waals surface area contributed by atoms with E-state index in [0.717, 1.165) is 6.42 Å². The van der Waals surface area contributed by atoms with Crippen molar-refractivity contribution in [1.82, 2.24) is 4.98 Å². The van der Waals surface area contributed by atoms with Crippen molar-refractivity contribution in [2.45, 2.75) is 13.3 Å². The number of rotatable bonds is 1. The molecule has 0 spiro atoms. The maximum absolute atomic E-state index is 2.86. The number of aromatic amines is 1. The fourth-order valence-electron chi connectivity index (χ4n) is 0.991. The molecule has 68 valence electrons. The summed E-state index contributed by atoms with van der Waals surface area (Å²) in [7, 11) is 0. The van der Waals surface area contributed by atoms with Crippen molar-refractivity contribution in [2.24, 2.45) is 0 Å². The van der Waals surface area contributed by atoms with Gasteiger partial charge in [-0.15, -0.1) is 0 Å². The molecule has 13 heavy (non-hydrogen) atoms. The summed E-state index contributed by atoms with van der Waals surface area (Å²) in [6.45, 7) is 2.16. The Morgan fingerprint density at radius 3 is 1.85 bits per heavy atom. The molecule has 0 bridgehead atoms. The van der Waals surface area contributed by atoms with Gasteiger partial charge in [0.15, 0.2) is 0 Å². The number of nitrogens with one attached hydrogen (secondary N) is 1. The standard InChI is InChI=1S/C8H10.C4H5N/c1-2-8-6-4-3-5-7-8;1-2-4-5-3-1/h3-7H,2H2,1H3;1-5H. The number of H-pyrrole nitrogens is 1. The zero-order valence-electron chi connectivity index (χ0n) is 7.90. The number of hydrogen-bond acceptors (Lipinski definition) is 0. The zero-order chi connectivity index (χ0) is 9.36. The number of benzene rings is 1. The lowest BCUT2D eigenvalue weighted by Crippen LogP contribution is -1.73. The molecule has 1 heteroatoms. The average Bonchev–Trinajstić information content (AvgIpc) is 2.77. The second-order valence-corrected chi connectivity index (χ2v) is 2.72. The van der Waals surface area contributed by atoms with E-state index in [9.17, 15) is 0 Å². The predicted octanol–water partition coefficient (Wildman–Crippen LogP) is 3.26. The SMILES string of the molecule is CCc1ccccc1.c1cc[nH]c1. The molecule has 0 atom stereocenters. The molecule has 0 saturated heterocycles. The molecule has 0 radical (unpaired) electrons. The lowest BCUT2D eigenvalue weighted by atomic mass is 10.2. The van der Waals surface area contributed by atoms with Crippen molar-refractivity contribution in [3.63, 3.8) is 0 Å². The van der Waals surface area contributed by atoms with Crippen LogP contribution in [0.25, 0.3) is 0 Å². The third kappa shape index (κ3) is 4.16. The molecule has 0 aliphatic rings. The minimum absolute atomic E-state index is 1.14. The van der Waals surface area contributed by atoms with E-state index in [1.807, 2.05) is 30.6 Å². The van der Waals surface area contributed by atoms with Gasteiger partial charge in [-0.3, -0.25) is 0 Å². The van der Waals surface area contributed by atoms with Crippen LogP contribution in [0.15, 0.2) is 54.9 Å². The predicted molar refractivity (Wildman–Crippen MR) is 56.6 cm³/mol. The van der Waals surface area contributed by atoms with Crippen LogP contribution in [-0.2, 0) is 6.42 Å². The number of aryl methyl sites for hydroxylation is 1. The summed E-state index contributed by atoms with van der Waals surface area (Å²) in [6.07, 6.45) is 4.89. The van der Waals surface area contributed by atoms with Gasteiger partial charge in [0.05, 0.1) is 0 Å². The van der Waals surface area contributed by atoms with Gasteiger partial charge in [0.25, 0.3) is 0 Å². The molecule has 0 unspecified atom stereocenters. The Kier molecular flexibility index (Phi) is 4.47. The van der Waals surface area contributed by atoms with Gasteiger partial charge < -0.3 is 4.98 Å². The molecule has 0 aliphatic heterocycles. The molecule has 0 amide bonds. The van der Waals surface area contributed by atoms with E-state index < -0.39 is 0 Å². The Hall–Kier alpha value is -1.50. The van der Waals surface area contributed by atoms with Gasteiger partial charge in [-0.2, -0.15) is 0 Å². The van der Waals surface area contributed by atoms with Gasteiger partial charge >= 0.3 is 0 Å². The maximum atomic E-state index is 2.86. The topological polar surface area (TPSA) is 15.8 Å². The summed E-state index contributed by atoms with van der Waals surface area (Å²) in [4.78, 5) is 2.86.